The van der Waals surface area contributed by atoms with E-state index in [2.05, 4.69) is 5.32 Å². The van der Waals surface area contributed by atoms with Crippen molar-refractivity contribution in [3.05, 3.63) is 29.6 Å². The van der Waals surface area contributed by atoms with Crippen molar-refractivity contribution in [3.8, 4) is 5.75 Å². The number of methoxy groups -OCH3 is 1. The molecule has 0 aromatic heterocycles. The Morgan fingerprint density at radius 2 is 2.37 bits per heavy atom. The first-order valence-electron chi connectivity index (χ1n) is 6.43. The van der Waals surface area contributed by atoms with Gasteiger partial charge in [-0.2, -0.15) is 0 Å². The van der Waals surface area contributed by atoms with Gasteiger partial charge in [0.25, 0.3) is 0 Å². The summed E-state index contributed by atoms with van der Waals surface area (Å²) in [5.74, 6) is 0.215. The molecule has 1 saturated heterocycles. The Bertz CT molecular complexity index is 465. The number of piperazine rings is 1. The summed E-state index contributed by atoms with van der Waals surface area (Å²) >= 11 is 0. The van der Waals surface area contributed by atoms with Crippen molar-refractivity contribution in [1.29, 1.82) is 0 Å². The maximum atomic E-state index is 13.2. The fraction of sp³-hybridized carbons (Fsp3) is 0.500. The summed E-state index contributed by atoms with van der Waals surface area (Å²) < 4.78 is 18.4. The summed E-state index contributed by atoms with van der Waals surface area (Å²) in [6.07, 6.45) is 0.174. The molecule has 0 spiro atoms. The zero-order chi connectivity index (χ0) is 13.8. The quantitative estimate of drug-likeness (QED) is 0.893. The lowest BCUT2D eigenvalue weighted by Crippen LogP contribution is -2.51. The molecular formula is C14H19FN2O2. The Morgan fingerprint density at radius 3 is 3.05 bits per heavy atom. The van der Waals surface area contributed by atoms with Gasteiger partial charge in [0.1, 0.15) is 11.6 Å². The van der Waals surface area contributed by atoms with E-state index in [-0.39, 0.29) is 18.1 Å². The van der Waals surface area contributed by atoms with E-state index in [1.54, 1.807) is 6.07 Å². The van der Waals surface area contributed by atoms with E-state index in [0.29, 0.717) is 30.4 Å². The number of halogens is 1. The van der Waals surface area contributed by atoms with Crippen LogP contribution in [0.25, 0.3) is 0 Å². The number of nitrogens with one attached hydrogen (secondary N) is 1. The molecule has 1 aliphatic rings. The fourth-order valence-electron chi connectivity index (χ4n) is 2.32. The van der Waals surface area contributed by atoms with Crippen LogP contribution >= 0.6 is 0 Å². The van der Waals surface area contributed by atoms with Crippen molar-refractivity contribution in [2.24, 2.45) is 0 Å². The lowest BCUT2D eigenvalue weighted by Gasteiger charge is -2.32. The average Bonchev–Trinajstić information content (AvgIpc) is 2.39. The minimum absolute atomic E-state index is 0.0113. The largest absolute Gasteiger partial charge is 0.496 e. The Morgan fingerprint density at radius 1 is 1.58 bits per heavy atom. The smallest absolute Gasteiger partial charge is 0.227 e. The molecule has 0 aliphatic carbocycles. The Kier molecular flexibility index (Phi) is 4.37. The fourth-order valence-corrected chi connectivity index (χ4v) is 2.32. The highest BCUT2D eigenvalue weighted by Crippen LogP contribution is 2.20. The predicted octanol–water partition coefficient (Wildman–Crippen LogP) is 1.20. The second-order valence-electron chi connectivity index (χ2n) is 4.83. The van der Waals surface area contributed by atoms with Crippen molar-refractivity contribution < 1.29 is 13.9 Å². The summed E-state index contributed by atoms with van der Waals surface area (Å²) in [4.78, 5) is 14.0. The van der Waals surface area contributed by atoms with Crippen LogP contribution in [0.15, 0.2) is 18.2 Å². The average molecular weight is 266 g/mol. The SMILES string of the molecule is COc1ccc(F)cc1CC(=O)N1CCNC(C)C1. The van der Waals surface area contributed by atoms with Crippen LogP contribution in [-0.2, 0) is 11.2 Å². The molecule has 19 heavy (non-hydrogen) atoms. The summed E-state index contributed by atoms with van der Waals surface area (Å²) in [6.45, 7) is 4.23. The van der Waals surface area contributed by atoms with Crippen LogP contribution in [0.5, 0.6) is 5.75 Å². The molecule has 0 radical (unpaired) electrons. The van der Waals surface area contributed by atoms with Gasteiger partial charge in [0.2, 0.25) is 5.91 Å². The summed E-state index contributed by atoms with van der Waals surface area (Å²) in [5.41, 5.74) is 0.596. The Balaban J connectivity index is 2.07. The van der Waals surface area contributed by atoms with Gasteiger partial charge >= 0.3 is 0 Å². The van der Waals surface area contributed by atoms with Crippen molar-refractivity contribution in [2.45, 2.75) is 19.4 Å². The molecule has 5 heteroatoms. The van der Waals surface area contributed by atoms with Gasteiger partial charge in [0, 0.05) is 31.2 Å². The molecule has 2 rings (SSSR count). The maximum Gasteiger partial charge on any atom is 0.227 e. The van der Waals surface area contributed by atoms with Gasteiger partial charge in [0.15, 0.2) is 0 Å². The number of rotatable bonds is 3. The van der Waals surface area contributed by atoms with Crippen LogP contribution in [-0.4, -0.2) is 43.6 Å². The molecule has 0 bridgehead atoms. The normalized spacial score (nSPS) is 19.3. The third-order valence-electron chi connectivity index (χ3n) is 3.31. The van der Waals surface area contributed by atoms with E-state index in [0.717, 1.165) is 6.54 Å². The molecule has 4 nitrogen and oxygen atoms in total. The number of carbonyl (C=O) groups excluding carboxylic acids is 1. The molecule has 104 valence electrons. The zero-order valence-electron chi connectivity index (χ0n) is 11.3. The highest BCUT2D eigenvalue weighted by atomic mass is 19.1. The number of ether oxygens (including phenoxy) is 1. The molecule has 1 fully saturated rings. The van der Waals surface area contributed by atoms with E-state index in [4.69, 9.17) is 4.74 Å². The molecule has 1 aromatic rings. The molecule has 1 amide bonds. The van der Waals surface area contributed by atoms with Gasteiger partial charge in [0.05, 0.1) is 13.5 Å². The van der Waals surface area contributed by atoms with E-state index < -0.39 is 0 Å². The minimum Gasteiger partial charge on any atom is -0.496 e. The first-order valence-corrected chi connectivity index (χ1v) is 6.43. The number of amides is 1. The molecule has 1 atom stereocenters. The number of hydrogen-bond donors (Lipinski definition) is 1. The van der Waals surface area contributed by atoms with E-state index in [1.807, 2.05) is 11.8 Å². The minimum atomic E-state index is -0.350. The molecular weight excluding hydrogens is 247 g/mol. The van der Waals surface area contributed by atoms with Crippen LogP contribution in [0, 0.1) is 5.82 Å². The van der Waals surface area contributed by atoms with Gasteiger partial charge in [-0.05, 0) is 25.1 Å². The van der Waals surface area contributed by atoms with Gasteiger partial charge in [-0.3, -0.25) is 4.79 Å². The molecule has 1 aromatic carbocycles. The third kappa shape index (κ3) is 3.44. The first kappa shape index (κ1) is 13.8. The number of nitrogens with zero attached hydrogens (tertiary/aromatic N) is 1. The maximum absolute atomic E-state index is 13.2. The van der Waals surface area contributed by atoms with Crippen molar-refractivity contribution in [3.63, 3.8) is 0 Å². The Hall–Kier alpha value is -1.62. The van der Waals surface area contributed by atoms with Crippen LogP contribution < -0.4 is 10.1 Å². The molecule has 1 unspecified atom stereocenters. The van der Waals surface area contributed by atoms with Crippen LogP contribution in [0.4, 0.5) is 4.39 Å². The lowest BCUT2D eigenvalue weighted by atomic mass is 10.1. The molecule has 1 N–H and O–H groups in total. The van der Waals surface area contributed by atoms with E-state index in [1.165, 1.54) is 19.2 Å². The number of carbonyl (C=O) groups is 1. The highest BCUT2D eigenvalue weighted by Gasteiger charge is 2.21. The van der Waals surface area contributed by atoms with Gasteiger partial charge in [-0.25, -0.2) is 4.39 Å². The third-order valence-corrected chi connectivity index (χ3v) is 3.31. The second kappa shape index (κ2) is 6.02. The second-order valence-corrected chi connectivity index (χ2v) is 4.83. The van der Waals surface area contributed by atoms with Crippen molar-refractivity contribution in [1.82, 2.24) is 10.2 Å². The van der Waals surface area contributed by atoms with Crippen LogP contribution in [0.3, 0.4) is 0 Å². The monoisotopic (exact) mass is 266 g/mol. The van der Waals surface area contributed by atoms with Crippen molar-refractivity contribution in [2.75, 3.05) is 26.7 Å². The standard InChI is InChI=1S/C14H19FN2O2/c1-10-9-17(6-5-16-10)14(18)8-11-7-12(15)3-4-13(11)19-2/h3-4,7,10,16H,5-6,8-9H2,1-2H3. The zero-order valence-corrected chi connectivity index (χ0v) is 11.3. The summed E-state index contributed by atoms with van der Waals surface area (Å²) in [5, 5.41) is 3.28. The highest BCUT2D eigenvalue weighted by molar-refractivity contribution is 5.79. The molecule has 1 aliphatic heterocycles. The summed E-state index contributed by atoms with van der Waals surface area (Å²) in [7, 11) is 1.52. The van der Waals surface area contributed by atoms with Crippen molar-refractivity contribution >= 4 is 5.91 Å². The first-order chi connectivity index (χ1) is 9.10. The van der Waals surface area contributed by atoms with E-state index >= 15 is 0 Å². The van der Waals surface area contributed by atoms with Gasteiger partial charge < -0.3 is 15.0 Å². The predicted molar refractivity (Wildman–Crippen MR) is 70.7 cm³/mol. The lowest BCUT2D eigenvalue weighted by molar-refractivity contribution is -0.131. The topological polar surface area (TPSA) is 41.6 Å². The van der Waals surface area contributed by atoms with Gasteiger partial charge in [-0.15, -0.1) is 0 Å². The Labute approximate surface area is 112 Å². The number of benzene rings is 1. The van der Waals surface area contributed by atoms with Gasteiger partial charge in [-0.1, -0.05) is 0 Å². The van der Waals surface area contributed by atoms with E-state index in [9.17, 15) is 9.18 Å². The summed E-state index contributed by atoms with van der Waals surface area (Å²) in [6, 6.07) is 4.55. The molecule has 1 heterocycles. The number of hydrogen-bond acceptors (Lipinski definition) is 3. The van der Waals surface area contributed by atoms with Crippen LogP contribution in [0.1, 0.15) is 12.5 Å². The van der Waals surface area contributed by atoms with Crippen LogP contribution in [0.2, 0.25) is 0 Å². The molecule has 0 saturated carbocycles.